The van der Waals surface area contributed by atoms with Gasteiger partial charge in [-0.2, -0.15) is 0 Å². The van der Waals surface area contributed by atoms with Gasteiger partial charge in [-0.15, -0.1) is 11.8 Å². The number of anilines is 2. The molecule has 0 saturated heterocycles. The van der Waals surface area contributed by atoms with E-state index < -0.39 is 0 Å². The third kappa shape index (κ3) is 4.40. The van der Waals surface area contributed by atoms with Crippen LogP contribution in [0.3, 0.4) is 0 Å². The molecule has 4 nitrogen and oxygen atoms in total. The zero-order chi connectivity index (χ0) is 18.7. The number of nitrogens with zero attached hydrogens (tertiary/aromatic N) is 1. The molecule has 2 amide bonds. The molecule has 0 radical (unpaired) electrons. The highest BCUT2D eigenvalue weighted by Crippen LogP contribution is 2.38. The number of rotatable bonds is 4. The number of halogens is 1. The van der Waals surface area contributed by atoms with Crippen LogP contribution in [-0.4, -0.2) is 23.6 Å². The normalized spacial score (nSPS) is 16.1. The number of hydrogen-bond acceptors (Lipinski definition) is 3. The van der Waals surface area contributed by atoms with Crippen molar-refractivity contribution in [1.82, 2.24) is 0 Å². The van der Waals surface area contributed by atoms with Crippen LogP contribution in [0.4, 0.5) is 11.4 Å². The second-order valence-electron chi connectivity index (χ2n) is 6.41. The van der Waals surface area contributed by atoms with Crippen LogP contribution in [0.5, 0.6) is 0 Å². The number of para-hydroxylation sites is 1. The molecular weight excluding hydrogens is 368 g/mol. The summed E-state index contributed by atoms with van der Waals surface area (Å²) in [5.74, 6) is -0.215. The second kappa shape index (κ2) is 8.14. The molecule has 0 aliphatic carbocycles. The van der Waals surface area contributed by atoms with E-state index in [0.717, 1.165) is 16.1 Å². The summed E-state index contributed by atoms with van der Waals surface area (Å²) in [7, 11) is 0. The van der Waals surface area contributed by atoms with E-state index >= 15 is 0 Å². The highest BCUT2D eigenvalue weighted by molar-refractivity contribution is 8.00. The molecule has 26 heavy (non-hydrogen) atoms. The predicted octanol–water partition coefficient (Wildman–Crippen LogP) is 4.89. The number of thioether (sulfide) groups is 1. The van der Waals surface area contributed by atoms with Crippen LogP contribution < -0.4 is 10.2 Å². The van der Waals surface area contributed by atoms with Crippen LogP contribution in [0.15, 0.2) is 47.4 Å². The van der Waals surface area contributed by atoms with Gasteiger partial charge < -0.3 is 10.2 Å². The predicted molar refractivity (Wildman–Crippen MR) is 108 cm³/mol. The van der Waals surface area contributed by atoms with Gasteiger partial charge in [0.15, 0.2) is 0 Å². The summed E-state index contributed by atoms with van der Waals surface area (Å²) in [5, 5.41) is 3.74. The van der Waals surface area contributed by atoms with E-state index in [9.17, 15) is 9.59 Å². The number of amides is 2. The molecule has 0 aromatic heterocycles. The van der Waals surface area contributed by atoms with E-state index in [1.54, 1.807) is 28.8 Å². The average Bonchev–Trinajstić information content (AvgIpc) is 2.62. The van der Waals surface area contributed by atoms with Gasteiger partial charge in [0.05, 0.1) is 5.69 Å². The number of nitrogens with one attached hydrogen (secondary N) is 1. The molecule has 1 aliphatic heterocycles. The molecule has 0 bridgehead atoms. The molecule has 1 unspecified atom stereocenters. The highest BCUT2D eigenvalue weighted by Gasteiger charge is 2.26. The van der Waals surface area contributed by atoms with Crippen LogP contribution in [-0.2, 0) is 9.59 Å². The number of carbonyl (C=O) groups is 2. The topological polar surface area (TPSA) is 49.4 Å². The molecule has 6 heteroatoms. The molecule has 0 fully saturated rings. The monoisotopic (exact) mass is 388 g/mol. The maximum atomic E-state index is 12.7. The van der Waals surface area contributed by atoms with Gasteiger partial charge in [0.25, 0.3) is 0 Å². The summed E-state index contributed by atoms with van der Waals surface area (Å²) in [6.45, 7) is 4.67. The number of fused-ring (bicyclic) bond motifs is 1. The number of carbonyl (C=O) groups excluding carboxylic acids is 2. The third-order valence-corrected chi connectivity index (χ3v) is 5.80. The first kappa shape index (κ1) is 18.8. The minimum atomic E-state index is -0.189. The molecule has 0 saturated carbocycles. The number of benzene rings is 2. The van der Waals surface area contributed by atoms with Crippen molar-refractivity contribution in [3.63, 3.8) is 0 Å². The Labute approximate surface area is 162 Å². The standard InChI is InChI=1S/C20H21ClN2O2S/c1-13-7-8-15(11-16(13)21)22-19(24)9-10-20(25)23-12-14(2)26-18-6-4-3-5-17(18)23/h3-8,11,14H,9-10,12H2,1-2H3,(H,22,24). The maximum absolute atomic E-state index is 12.7. The lowest BCUT2D eigenvalue weighted by Gasteiger charge is -2.32. The van der Waals surface area contributed by atoms with Gasteiger partial charge in [-0.1, -0.05) is 36.7 Å². The first-order valence-corrected chi connectivity index (χ1v) is 9.82. The fraction of sp³-hybridized carbons (Fsp3) is 0.300. The van der Waals surface area contributed by atoms with Crippen LogP contribution in [0.1, 0.15) is 25.3 Å². The Bertz CT molecular complexity index is 840. The summed E-state index contributed by atoms with van der Waals surface area (Å²) in [6.07, 6.45) is 0.321. The van der Waals surface area contributed by atoms with E-state index in [-0.39, 0.29) is 24.7 Å². The SMILES string of the molecule is Cc1ccc(NC(=O)CCC(=O)N2CC(C)Sc3ccccc32)cc1Cl. The summed E-state index contributed by atoms with van der Waals surface area (Å²) in [6, 6.07) is 13.3. The van der Waals surface area contributed by atoms with E-state index in [4.69, 9.17) is 11.6 Å². The third-order valence-electron chi connectivity index (χ3n) is 4.25. The van der Waals surface area contributed by atoms with Gasteiger partial charge in [0.1, 0.15) is 0 Å². The van der Waals surface area contributed by atoms with Gasteiger partial charge in [-0.3, -0.25) is 9.59 Å². The quantitative estimate of drug-likeness (QED) is 0.810. The second-order valence-corrected chi connectivity index (χ2v) is 8.30. The van der Waals surface area contributed by atoms with E-state index in [1.807, 2.05) is 37.3 Å². The Hall–Kier alpha value is -1.98. The Morgan fingerprint density at radius 3 is 2.77 bits per heavy atom. The van der Waals surface area contributed by atoms with Crippen molar-refractivity contribution in [2.75, 3.05) is 16.8 Å². The molecule has 1 N–H and O–H groups in total. The van der Waals surface area contributed by atoms with E-state index in [1.165, 1.54) is 0 Å². The van der Waals surface area contributed by atoms with Crippen molar-refractivity contribution in [3.05, 3.63) is 53.1 Å². The van der Waals surface area contributed by atoms with Crippen molar-refractivity contribution in [3.8, 4) is 0 Å². The molecule has 3 rings (SSSR count). The van der Waals surface area contributed by atoms with E-state index in [0.29, 0.717) is 22.5 Å². The number of hydrogen-bond donors (Lipinski definition) is 1. The van der Waals surface area contributed by atoms with Crippen molar-refractivity contribution in [2.45, 2.75) is 36.8 Å². The molecule has 1 atom stereocenters. The first-order valence-electron chi connectivity index (χ1n) is 8.56. The Morgan fingerprint density at radius 2 is 2.00 bits per heavy atom. The van der Waals surface area contributed by atoms with Crippen LogP contribution in [0.2, 0.25) is 5.02 Å². The van der Waals surface area contributed by atoms with Gasteiger partial charge in [0.2, 0.25) is 11.8 Å². The highest BCUT2D eigenvalue weighted by atomic mass is 35.5. The van der Waals surface area contributed by atoms with Crippen LogP contribution >= 0.6 is 23.4 Å². The lowest BCUT2D eigenvalue weighted by Crippen LogP contribution is -2.38. The smallest absolute Gasteiger partial charge is 0.227 e. The molecular formula is C20H21ClN2O2S. The minimum absolute atomic E-state index is 0.0262. The van der Waals surface area contributed by atoms with Crippen LogP contribution in [0.25, 0.3) is 0 Å². The summed E-state index contributed by atoms with van der Waals surface area (Å²) < 4.78 is 0. The Balaban J connectivity index is 1.60. The largest absolute Gasteiger partial charge is 0.326 e. The fourth-order valence-corrected chi connectivity index (χ4v) is 4.17. The molecule has 0 spiro atoms. The van der Waals surface area contributed by atoms with Crippen molar-refractivity contribution in [2.24, 2.45) is 0 Å². The Kier molecular flexibility index (Phi) is 5.89. The zero-order valence-electron chi connectivity index (χ0n) is 14.8. The average molecular weight is 389 g/mol. The number of aryl methyl sites for hydroxylation is 1. The summed E-state index contributed by atoms with van der Waals surface area (Å²) in [4.78, 5) is 27.8. The van der Waals surface area contributed by atoms with Gasteiger partial charge in [-0.25, -0.2) is 0 Å². The van der Waals surface area contributed by atoms with Gasteiger partial charge >= 0.3 is 0 Å². The van der Waals surface area contributed by atoms with Crippen molar-refractivity contribution in [1.29, 1.82) is 0 Å². The molecule has 1 heterocycles. The first-order chi connectivity index (χ1) is 12.4. The zero-order valence-corrected chi connectivity index (χ0v) is 16.4. The molecule has 2 aromatic rings. The lowest BCUT2D eigenvalue weighted by molar-refractivity contribution is -0.122. The van der Waals surface area contributed by atoms with Crippen molar-refractivity contribution < 1.29 is 9.59 Å². The molecule has 2 aromatic carbocycles. The van der Waals surface area contributed by atoms with Gasteiger partial charge in [0, 0.05) is 40.2 Å². The van der Waals surface area contributed by atoms with E-state index in [2.05, 4.69) is 12.2 Å². The van der Waals surface area contributed by atoms with Crippen molar-refractivity contribution >= 4 is 46.6 Å². The fourth-order valence-electron chi connectivity index (χ4n) is 2.87. The molecule has 1 aliphatic rings. The maximum Gasteiger partial charge on any atom is 0.227 e. The Morgan fingerprint density at radius 1 is 1.23 bits per heavy atom. The minimum Gasteiger partial charge on any atom is -0.326 e. The molecule has 136 valence electrons. The van der Waals surface area contributed by atoms with Crippen LogP contribution in [0, 0.1) is 6.92 Å². The lowest BCUT2D eigenvalue weighted by atomic mass is 10.2. The summed E-state index contributed by atoms with van der Waals surface area (Å²) >= 11 is 7.85. The van der Waals surface area contributed by atoms with Gasteiger partial charge in [-0.05, 0) is 36.8 Å². The summed E-state index contributed by atoms with van der Waals surface area (Å²) in [5.41, 5.74) is 2.54.